The first-order valence-corrected chi connectivity index (χ1v) is 7.84. The molecule has 3 unspecified atom stereocenters. The number of nitrogens with one attached hydrogen (secondary N) is 1. The Morgan fingerprint density at radius 2 is 1.94 bits per heavy atom. The van der Waals surface area contributed by atoms with Gasteiger partial charge in [0.25, 0.3) is 0 Å². The number of carbonyl (C=O) groups is 1. The first-order valence-electron chi connectivity index (χ1n) is 6.72. The highest BCUT2D eigenvalue weighted by molar-refractivity contribution is 9.09. The molecule has 3 heteroatoms. The molecule has 0 spiro atoms. The summed E-state index contributed by atoms with van der Waals surface area (Å²) in [6.07, 6.45) is 3.83. The summed E-state index contributed by atoms with van der Waals surface area (Å²) < 4.78 is 0. The molecule has 1 amide bonds. The Morgan fingerprint density at radius 3 is 2.56 bits per heavy atom. The van der Waals surface area contributed by atoms with Gasteiger partial charge in [0.2, 0.25) is 5.91 Å². The SMILES string of the molecule is O=C(NC(CBr)c1ccccc1)C1C2CCCC21. The lowest BCUT2D eigenvalue weighted by molar-refractivity contribution is -0.123. The maximum absolute atomic E-state index is 12.2. The molecule has 0 heterocycles. The van der Waals surface area contributed by atoms with E-state index in [-0.39, 0.29) is 11.9 Å². The quantitative estimate of drug-likeness (QED) is 0.850. The topological polar surface area (TPSA) is 29.1 Å². The molecule has 1 aromatic carbocycles. The van der Waals surface area contributed by atoms with Gasteiger partial charge in [-0.1, -0.05) is 52.7 Å². The van der Waals surface area contributed by atoms with Gasteiger partial charge in [-0.15, -0.1) is 0 Å². The van der Waals surface area contributed by atoms with Gasteiger partial charge in [0, 0.05) is 11.2 Å². The van der Waals surface area contributed by atoms with Crippen LogP contribution in [0, 0.1) is 17.8 Å². The lowest BCUT2D eigenvalue weighted by Crippen LogP contribution is -2.31. The Balaban J connectivity index is 1.62. The van der Waals surface area contributed by atoms with Crippen molar-refractivity contribution in [3.05, 3.63) is 35.9 Å². The van der Waals surface area contributed by atoms with E-state index >= 15 is 0 Å². The predicted octanol–water partition coefficient (Wildman–Crippen LogP) is 3.28. The third-order valence-electron chi connectivity index (χ3n) is 4.38. The third kappa shape index (κ3) is 2.20. The molecule has 18 heavy (non-hydrogen) atoms. The van der Waals surface area contributed by atoms with Gasteiger partial charge in [0.05, 0.1) is 6.04 Å². The van der Waals surface area contributed by atoms with Crippen LogP contribution < -0.4 is 5.32 Å². The second kappa shape index (κ2) is 5.04. The molecular weight excluding hydrogens is 290 g/mol. The number of rotatable bonds is 4. The van der Waals surface area contributed by atoms with Crippen molar-refractivity contribution in [2.45, 2.75) is 25.3 Å². The summed E-state index contributed by atoms with van der Waals surface area (Å²) >= 11 is 3.50. The fourth-order valence-corrected chi connectivity index (χ4v) is 3.91. The Labute approximate surface area is 116 Å². The third-order valence-corrected chi connectivity index (χ3v) is 5.03. The van der Waals surface area contributed by atoms with Crippen LogP contribution in [0.2, 0.25) is 0 Å². The first-order chi connectivity index (χ1) is 8.81. The summed E-state index contributed by atoms with van der Waals surface area (Å²) in [6, 6.07) is 10.3. The summed E-state index contributed by atoms with van der Waals surface area (Å²) in [5.41, 5.74) is 1.17. The second-order valence-electron chi connectivity index (χ2n) is 5.41. The average molecular weight is 308 g/mol. The molecule has 0 aromatic heterocycles. The van der Waals surface area contributed by atoms with Crippen LogP contribution in [0.25, 0.3) is 0 Å². The maximum Gasteiger partial charge on any atom is 0.224 e. The van der Waals surface area contributed by atoms with Crippen molar-refractivity contribution in [2.75, 3.05) is 5.33 Å². The molecule has 0 bridgehead atoms. The Kier molecular flexibility index (Phi) is 3.42. The van der Waals surface area contributed by atoms with Crippen molar-refractivity contribution in [3.63, 3.8) is 0 Å². The van der Waals surface area contributed by atoms with Crippen LogP contribution in [0.3, 0.4) is 0 Å². The molecule has 3 rings (SSSR count). The summed E-state index contributed by atoms with van der Waals surface area (Å²) in [6.45, 7) is 0. The zero-order valence-corrected chi connectivity index (χ0v) is 11.9. The molecular formula is C15H18BrNO. The Hall–Kier alpha value is -0.830. The van der Waals surface area contributed by atoms with E-state index < -0.39 is 0 Å². The van der Waals surface area contributed by atoms with Crippen molar-refractivity contribution in [2.24, 2.45) is 17.8 Å². The molecule has 3 atom stereocenters. The molecule has 2 aliphatic carbocycles. The highest BCUT2D eigenvalue weighted by atomic mass is 79.9. The normalized spacial score (nSPS) is 30.6. The summed E-state index contributed by atoms with van der Waals surface area (Å²) in [7, 11) is 0. The molecule has 0 saturated heterocycles. The molecule has 1 aromatic rings. The number of benzene rings is 1. The Bertz CT molecular complexity index is 423. The number of hydrogen-bond acceptors (Lipinski definition) is 1. The minimum Gasteiger partial charge on any atom is -0.348 e. The maximum atomic E-state index is 12.2. The van der Waals surface area contributed by atoms with E-state index in [4.69, 9.17) is 0 Å². The van der Waals surface area contributed by atoms with E-state index in [2.05, 4.69) is 33.4 Å². The van der Waals surface area contributed by atoms with E-state index in [1.54, 1.807) is 0 Å². The minimum atomic E-state index is 0.0972. The zero-order valence-electron chi connectivity index (χ0n) is 10.3. The van der Waals surface area contributed by atoms with Gasteiger partial charge >= 0.3 is 0 Å². The lowest BCUT2D eigenvalue weighted by atomic mass is 10.1. The highest BCUT2D eigenvalue weighted by Gasteiger charge is 2.56. The van der Waals surface area contributed by atoms with E-state index in [9.17, 15) is 4.79 Å². The fourth-order valence-electron chi connectivity index (χ4n) is 3.37. The smallest absolute Gasteiger partial charge is 0.224 e. The summed E-state index contributed by atoms with van der Waals surface area (Å²) in [5, 5.41) is 3.96. The number of hydrogen-bond donors (Lipinski definition) is 1. The van der Waals surface area contributed by atoms with Gasteiger partial charge in [-0.2, -0.15) is 0 Å². The van der Waals surface area contributed by atoms with Gasteiger partial charge in [0.1, 0.15) is 0 Å². The van der Waals surface area contributed by atoms with Crippen LogP contribution in [-0.4, -0.2) is 11.2 Å². The first kappa shape index (κ1) is 12.2. The average Bonchev–Trinajstić information content (AvgIpc) is 2.90. The van der Waals surface area contributed by atoms with E-state index in [0.717, 1.165) is 5.33 Å². The van der Waals surface area contributed by atoms with Gasteiger partial charge in [-0.3, -0.25) is 4.79 Å². The number of amides is 1. The van der Waals surface area contributed by atoms with Gasteiger partial charge in [-0.05, 0) is 30.2 Å². The predicted molar refractivity (Wildman–Crippen MR) is 75.4 cm³/mol. The van der Waals surface area contributed by atoms with Crippen molar-refractivity contribution in [3.8, 4) is 0 Å². The van der Waals surface area contributed by atoms with Crippen LogP contribution in [0.15, 0.2) is 30.3 Å². The molecule has 2 aliphatic rings. The van der Waals surface area contributed by atoms with Crippen LogP contribution in [-0.2, 0) is 4.79 Å². The monoisotopic (exact) mass is 307 g/mol. The van der Waals surface area contributed by atoms with Gasteiger partial charge in [-0.25, -0.2) is 0 Å². The van der Waals surface area contributed by atoms with Crippen molar-refractivity contribution in [1.29, 1.82) is 0 Å². The molecule has 0 aliphatic heterocycles. The van der Waals surface area contributed by atoms with E-state index in [1.807, 2.05) is 18.2 Å². The van der Waals surface area contributed by atoms with E-state index in [0.29, 0.717) is 17.8 Å². The lowest BCUT2D eigenvalue weighted by Gasteiger charge is -2.17. The van der Waals surface area contributed by atoms with Crippen molar-refractivity contribution in [1.82, 2.24) is 5.32 Å². The molecule has 0 radical (unpaired) electrons. The number of fused-ring (bicyclic) bond motifs is 1. The van der Waals surface area contributed by atoms with Crippen LogP contribution >= 0.6 is 15.9 Å². The molecule has 1 N–H and O–H groups in total. The zero-order chi connectivity index (χ0) is 12.5. The Morgan fingerprint density at radius 1 is 1.28 bits per heavy atom. The van der Waals surface area contributed by atoms with Gasteiger partial charge < -0.3 is 5.32 Å². The van der Waals surface area contributed by atoms with E-state index in [1.165, 1.54) is 24.8 Å². The molecule has 2 nitrogen and oxygen atoms in total. The summed E-state index contributed by atoms with van der Waals surface area (Å²) in [4.78, 5) is 12.2. The van der Waals surface area contributed by atoms with Gasteiger partial charge in [0.15, 0.2) is 0 Å². The molecule has 2 fully saturated rings. The molecule has 96 valence electrons. The van der Waals surface area contributed by atoms with Crippen LogP contribution in [0.1, 0.15) is 30.9 Å². The number of halogens is 1. The standard InChI is InChI=1S/C15H18BrNO/c16-9-13(10-5-2-1-3-6-10)17-15(18)14-11-7-4-8-12(11)14/h1-3,5-6,11-14H,4,7-9H2,(H,17,18). The molecule has 2 saturated carbocycles. The van der Waals surface area contributed by atoms with Crippen LogP contribution in [0.5, 0.6) is 0 Å². The fraction of sp³-hybridized carbons (Fsp3) is 0.533. The largest absolute Gasteiger partial charge is 0.348 e. The minimum absolute atomic E-state index is 0.0972. The second-order valence-corrected chi connectivity index (χ2v) is 6.06. The highest BCUT2D eigenvalue weighted by Crippen LogP contribution is 2.57. The summed E-state index contributed by atoms with van der Waals surface area (Å²) in [5.74, 6) is 1.95. The number of alkyl halides is 1. The van der Waals surface area contributed by atoms with Crippen LogP contribution in [0.4, 0.5) is 0 Å². The number of carbonyl (C=O) groups excluding carboxylic acids is 1. The van der Waals surface area contributed by atoms with Crippen molar-refractivity contribution >= 4 is 21.8 Å². The van der Waals surface area contributed by atoms with Crippen molar-refractivity contribution < 1.29 is 4.79 Å².